The molecule has 0 atom stereocenters. The lowest BCUT2D eigenvalue weighted by molar-refractivity contribution is 0.0449. The van der Waals surface area contributed by atoms with E-state index in [1.165, 1.54) is 12.4 Å². The molecule has 5 nitrogen and oxygen atoms in total. The van der Waals surface area contributed by atoms with Crippen LogP contribution in [-0.4, -0.2) is 57.5 Å². The zero-order valence-electron chi connectivity index (χ0n) is 11.8. The molecule has 1 N–H and O–H groups in total. The fourth-order valence-corrected chi connectivity index (χ4v) is 2.32. The van der Waals surface area contributed by atoms with E-state index in [0.717, 1.165) is 13.1 Å². The van der Waals surface area contributed by atoms with Crippen molar-refractivity contribution in [1.82, 2.24) is 14.8 Å². The Balaban J connectivity index is 2.03. The first-order chi connectivity index (χ1) is 8.89. The summed E-state index contributed by atoms with van der Waals surface area (Å²) in [6.07, 6.45) is 2.83. The SMILES string of the molecule is CC(C)(C)N1CCN(C(=O)c2ccncc2O)CC1. The second kappa shape index (κ2) is 5.17. The third kappa shape index (κ3) is 3.04. The molecule has 1 fully saturated rings. The minimum atomic E-state index is -0.117. The first-order valence-corrected chi connectivity index (χ1v) is 6.57. The zero-order chi connectivity index (χ0) is 14.0. The van der Waals surface area contributed by atoms with E-state index in [0.29, 0.717) is 18.7 Å². The van der Waals surface area contributed by atoms with E-state index >= 15 is 0 Å². The molecule has 0 radical (unpaired) electrons. The quantitative estimate of drug-likeness (QED) is 0.831. The minimum Gasteiger partial charge on any atom is -0.505 e. The Morgan fingerprint density at radius 2 is 1.89 bits per heavy atom. The molecule has 1 saturated heterocycles. The van der Waals surface area contributed by atoms with Crippen LogP contribution in [-0.2, 0) is 0 Å². The van der Waals surface area contributed by atoms with Crippen LogP contribution in [0.3, 0.4) is 0 Å². The van der Waals surface area contributed by atoms with E-state index in [-0.39, 0.29) is 17.2 Å². The van der Waals surface area contributed by atoms with Crippen LogP contribution >= 0.6 is 0 Å². The Kier molecular flexibility index (Phi) is 3.75. The summed E-state index contributed by atoms with van der Waals surface area (Å²) in [6, 6.07) is 1.56. The van der Waals surface area contributed by atoms with Gasteiger partial charge in [-0.25, -0.2) is 0 Å². The van der Waals surface area contributed by atoms with Crippen LogP contribution in [0.4, 0.5) is 0 Å². The predicted octanol–water partition coefficient (Wildman–Crippen LogP) is 1.34. The van der Waals surface area contributed by atoms with Gasteiger partial charge in [0.2, 0.25) is 0 Å². The van der Waals surface area contributed by atoms with Gasteiger partial charge in [0.25, 0.3) is 5.91 Å². The van der Waals surface area contributed by atoms with Crippen molar-refractivity contribution in [3.8, 4) is 5.75 Å². The van der Waals surface area contributed by atoms with Gasteiger partial charge in [-0.1, -0.05) is 0 Å². The number of nitrogens with zero attached hydrogens (tertiary/aromatic N) is 3. The number of carbonyl (C=O) groups is 1. The van der Waals surface area contributed by atoms with Gasteiger partial charge in [-0.05, 0) is 26.8 Å². The molecule has 0 saturated carbocycles. The number of piperazine rings is 1. The average molecular weight is 263 g/mol. The summed E-state index contributed by atoms with van der Waals surface area (Å²) in [5.74, 6) is -0.167. The number of aromatic nitrogens is 1. The van der Waals surface area contributed by atoms with Crippen LogP contribution < -0.4 is 0 Å². The lowest BCUT2D eigenvalue weighted by Crippen LogP contribution is -2.54. The number of pyridine rings is 1. The molecule has 1 aromatic heterocycles. The molecular formula is C14H21N3O2. The minimum absolute atomic E-state index is 0.0502. The smallest absolute Gasteiger partial charge is 0.257 e. The molecule has 5 heteroatoms. The van der Waals surface area contributed by atoms with E-state index in [1.807, 2.05) is 0 Å². The lowest BCUT2D eigenvalue weighted by Gasteiger charge is -2.42. The first-order valence-electron chi connectivity index (χ1n) is 6.57. The molecule has 1 amide bonds. The Hall–Kier alpha value is -1.62. The number of aromatic hydroxyl groups is 1. The molecule has 1 aliphatic rings. The van der Waals surface area contributed by atoms with E-state index < -0.39 is 0 Å². The second-order valence-electron chi connectivity index (χ2n) is 5.84. The van der Waals surface area contributed by atoms with Crippen molar-refractivity contribution in [3.05, 3.63) is 24.0 Å². The second-order valence-corrected chi connectivity index (χ2v) is 5.84. The maximum absolute atomic E-state index is 12.3. The van der Waals surface area contributed by atoms with Crippen molar-refractivity contribution < 1.29 is 9.90 Å². The van der Waals surface area contributed by atoms with Crippen molar-refractivity contribution in [2.75, 3.05) is 26.2 Å². The van der Waals surface area contributed by atoms with Gasteiger partial charge in [0.05, 0.1) is 11.8 Å². The number of carbonyl (C=O) groups excluding carboxylic acids is 1. The molecule has 1 aromatic rings. The van der Waals surface area contributed by atoms with Crippen molar-refractivity contribution >= 4 is 5.91 Å². The molecular weight excluding hydrogens is 242 g/mol. The highest BCUT2D eigenvalue weighted by Gasteiger charge is 2.28. The van der Waals surface area contributed by atoms with Crippen LogP contribution in [0.5, 0.6) is 5.75 Å². The molecule has 0 aromatic carbocycles. The normalized spacial score (nSPS) is 17.5. The number of hydrogen-bond acceptors (Lipinski definition) is 4. The maximum Gasteiger partial charge on any atom is 0.257 e. The summed E-state index contributed by atoms with van der Waals surface area (Å²) in [6.45, 7) is 9.65. The summed E-state index contributed by atoms with van der Waals surface area (Å²) in [5.41, 5.74) is 0.465. The molecule has 0 spiro atoms. The highest BCUT2D eigenvalue weighted by molar-refractivity contribution is 5.96. The molecule has 19 heavy (non-hydrogen) atoms. The van der Waals surface area contributed by atoms with Gasteiger partial charge in [-0.2, -0.15) is 0 Å². The molecule has 0 bridgehead atoms. The number of amides is 1. The third-order valence-electron chi connectivity index (χ3n) is 3.55. The summed E-state index contributed by atoms with van der Waals surface area (Å²) in [4.78, 5) is 20.2. The van der Waals surface area contributed by atoms with E-state index in [9.17, 15) is 9.90 Å². The van der Waals surface area contributed by atoms with Crippen LogP contribution in [0, 0.1) is 0 Å². The zero-order valence-corrected chi connectivity index (χ0v) is 11.8. The van der Waals surface area contributed by atoms with Gasteiger partial charge < -0.3 is 10.0 Å². The standard InChI is InChI=1S/C14H21N3O2/c1-14(2,3)17-8-6-16(7-9-17)13(19)11-4-5-15-10-12(11)18/h4-5,10,18H,6-9H2,1-3H3. The van der Waals surface area contributed by atoms with Gasteiger partial charge in [0, 0.05) is 37.9 Å². The van der Waals surface area contributed by atoms with Crippen LogP contribution in [0.25, 0.3) is 0 Å². The molecule has 2 rings (SSSR count). The van der Waals surface area contributed by atoms with Crippen LogP contribution in [0.2, 0.25) is 0 Å². The Morgan fingerprint density at radius 3 is 2.42 bits per heavy atom. The molecule has 104 valence electrons. The van der Waals surface area contributed by atoms with Gasteiger partial charge in [0.1, 0.15) is 5.75 Å². The monoisotopic (exact) mass is 263 g/mol. The van der Waals surface area contributed by atoms with Crippen molar-refractivity contribution in [2.24, 2.45) is 0 Å². The summed E-state index contributed by atoms with van der Waals surface area (Å²) < 4.78 is 0. The Labute approximate surface area is 113 Å². The highest BCUT2D eigenvalue weighted by Crippen LogP contribution is 2.20. The van der Waals surface area contributed by atoms with Crippen LogP contribution in [0.15, 0.2) is 18.5 Å². The van der Waals surface area contributed by atoms with Crippen molar-refractivity contribution in [1.29, 1.82) is 0 Å². The highest BCUT2D eigenvalue weighted by atomic mass is 16.3. The Morgan fingerprint density at radius 1 is 1.26 bits per heavy atom. The largest absolute Gasteiger partial charge is 0.505 e. The first kappa shape index (κ1) is 13.8. The number of rotatable bonds is 1. The topological polar surface area (TPSA) is 56.7 Å². The van der Waals surface area contributed by atoms with Crippen molar-refractivity contribution in [2.45, 2.75) is 26.3 Å². The van der Waals surface area contributed by atoms with Crippen molar-refractivity contribution in [3.63, 3.8) is 0 Å². The molecule has 0 unspecified atom stereocenters. The summed E-state index contributed by atoms with van der Waals surface area (Å²) in [5, 5.41) is 9.67. The maximum atomic E-state index is 12.3. The summed E-state index contributed by atoms with van der Waals surface area (Å²) in [7, 11) is 0. The predicted molar refractivity (Wildman–Crippen MR) is 73.1 cm³/mol. The van der Waals surface area contributed by atoms with Gasteiger partial charge in [-0.3, -0.25) is 14.7 Å². The molecule has 0 aliphatic carbocycles. The van der Waals surface area contributed by atoms with Crippen LogP contribution in [0.1, 0.15) is 31.1 Å². The van der Waals surface area contributed by atoms with Gasteiger partial charge >= 0.3 is 0 Å². The molecule has 2 heterocycles. The fraction of sp³-hybridized carbons (Fsp3) is 0.571. The van der Waals surface area contributed by atoms with Gasteiger partial charge in [0.15, 0.2) is 0 Å². The Bertz CT molecular complexity index is 460. The van der Waals surface area contributed by atoms with E-state index in [4.69, 9.17) is 0 Å². The van der Waals surface area contributed by atoms with E-state index in [2.05, 4.69) is 30.7 Å². The van der Waals surface area contributed by atoms with Gasteiger partial charge in [-0.15, -0.1) is 0 Å². The summed E-state index contributed by atoms with van der Waals surface area (Å²) >= 11 is 0. The number of hydrogen-bond donors (Lipinski definition) is 1. The molecule has 1 aliphatic heterocycles. The van der Waals surface area contributed by atoms with E-state index in [1.54, 1.807) is 11.0 Å². The third-order valence-corrected chi connectivity index (χ3v) is 3.55. The fourth-order valence-electron chi connectivity index (χ4n) is 2.32. The lowest BCUT2D eigenvalue weighted by atomic mass is 10.0. The average Bonchev–Trinajstić information content (AvgIpc) is 2.38.